The molecule has 3 aromatic rings. The van der Waals surface area contributed by atoms with Gasteiger partial charge in [0, 0.05) is 29.1 Å². The molecule has 3 heterocycles. The lowest BCUT2D eigenvalue weighted by atomic mass is 9.80. The number of fused-ring (bicyclic) bond motifs is 3. The van der Waals surface area contributed by atoms with Crippen LogP contribution >= 0.6 is 23.2 Å². The zero-order chi connectivity index (χ0) is 20.0. The second kappa shape index (κ2) is 7.71. The molecule has 29 heavy (non-hydrogen) atoms. The maximum Gasteiger partial charge on any atom is 0.151 e. The summed E-state index contributed by atoms with van der Waals surface area (Å²) in [6.07, 6.45) is 4.34. The molecule has 0 N–H and O–H groups in total. The Bertz CT molecular complexity index is 1040. The summed E-state index contributed by atoms with van der Waals surface area (Å²) in [4.78, 5) is 6.79. The smallest absolute Gasteiger partial charge is 0.151 e. The minimum absolute atomic E-state index is 0.401. The van der Waals surface area contributed by atoms with Crippen LogP contribution in [0.5, 0.6) is 0 Å². The van der Waals surface area contributed by atoms with Crippen LogP contribution in [0.15, 0.2) is 36.4 Å². The molecular formula is C22H23Cl2N5. The van der Waals surface area contributed by atoms with E-state index < -0.39 is 0 Å². The zero-order valence-electron chi connectivity index (χ0n) is 16.4. The van der Waals surface area contributed by atoms with Gasteiger partial charge in [-0.3, -0.25) is 9.47 Å². The number of hydrogen-bond acceptors (Lipinski definition) is 4. The molecule has 0 spiro atoms. The van der Waals surface area contributed by atoms with Crippen molar-refractivity contribution in [2.75, 3.05) is 7.05 Å². The van der Waals surface area contributed by atoms with Crippen LogP contribution in [-0.4, -0.2) is 31.7 Å². The third-order valence-electron chi connectivity index (χ3n) is 6.14. The van der Waals surface area contributed by atoms with Crippen LogP contribution in [0, 0.1) is 0 Å². The molecule has 150 valence electrons. The number of benzene rings is 1. The van der Waals surface area contributed by atoms with Crippen LogP contribution in [0.25, 0.3) is 5.69 Å². The molecule has 1 aliphatic carbocycles. The standard InChI is InChI=1S/C22H23Cl2N5/c1-28-12-16-11-17(23)9-10-19(16)29-21(13-28)26-27-22(29)15-7-5-14(6-8-15)18-3-2-4-20(24)25-18/h2-4,9-11,14-15H,5-8,12-13H2,1H3. The van der Waals surface area contributed by atoms with Crippen LogP contribution in [0.1, 0.15) is 60.4 Å². The highest BCUT2D eigenvalue weighted by Crippen LogP contribution is 2.41. The van der Waals surface area contributed by atoms with E-state index in [9.17, 15) is 0 Å². The van der Waals surface area contributed by atoms with Gasteiger partial charge in [-0.2, -0.15) is 0 Å². The van der Waals surface area contributed by atoms with Crippen molar-refractivity contribution in [2.45, 2.75) is 50.6 Å². The van der Waals surface area contributed by atoms with Gasteiger partial charge >= 0.3 is 0 Å². The zero-order valence-corrected chi connectivity index (χ0v) is 17.9. The summed E-state index contributed by atoms with van der Waals surface area (Å²) in [6, 6.07) is 12.1. The van der Waals surface area contributed by atoms with Gasteiger partial charge in [-0.15, -0.1) is 10.2 Å². The van der Waals surface area contributed by atoms with Crippen molar-refractivity contribution in [1.82, 2.24) is 24.6 Å². The number of nitrogens with zero attached hydrogens (tertiary/aromatic N) is 5. The van der Waals surface area contributed by atoms with Gasteiger partial charge in [0.2, 0.25) is 0 Å². The minimum Gasteiger partial charge on any atom is -0.295 e. The molecule has 2 aliphatic rings. The van der Waals surface area contributed by atoms with Gasteiger partial charge in [-0.1, -0.05) is 29.3 Å². The first-order chi connectivity index (χ1) is 14.1. The van der Waals surface area contributed by atoms with Crippen LogP contribution in [-0.2, 0) is 13.1 Å². The van der Waals surface area contributed by atoms with Crippen LogP contribution in [0.2, 0.25) is 10.2 Å². The summed E-state index contributed by atoms with van der Waals surface area (Å²) >= 11 is 12.4. The molecular weight excluding hydrogens is 405 g/mol. The molecule has 5 rings (SSSR count). The molecule has 0 radical (unpaired) electrons. The second-order valence-electron chi connectivity index (χ2n) is 8.19. The topological polar surface area (TPSA) is 46.8 Å². The first kappa shape index (κ1) is 19.0. The number of aromatic nitrogens is 4. The first-order valence-corrected chi connectivity index (χ1v) is 10.9. The van der Waals surface area contributed by atoms with E-state index in [0.29, 0.717) is 17.0 Å². The fraction of sp³-hybridized carbons (Fsp3) is 0.409. The molecule has 2 aromatic heterocycles. The summed E-state index contributed by atoms with van der Waals surface area (Å²) in [5, 5.41) is 10.6. The third kappa shape index (κ3) is 3.67. The highest BCUT2D eigenvalue weighted by Gasteiger charge is 2.30. The van der Waals surface area contributed by atoms with Crippen molar-refractivity contribution in [3.05, 3.63) is 69.5 Å². The Balaban J connectivity index is 1.44. The van der Waals surface area contributed by atoms with Gasteiger partial charge < -0.3 is 0 Å². The Morgan fingerprint density at radius 3 is 2.52 bits per heavy atom. The summed E-state index contributed by atoms with van der Waals surface area (Å²) in [7, 11) is 2.11. The van der Waals surface area contributed by atoms with Crippen LogP contribution in [0.3, 0.4) is 0 Å². The second-order valence-corrected chi connectivity index (χ2v) is 9.01. The van der Waals surface area contributed by atoms with Crippen molar-refractivity contribution in [3.8, 4) is 5.69 Å². The first-order valence-electron chi connectivity index (χ1n) is 10.1. The lowest BCUT2D eigenvalue weighted by molar-refractivity contribution is 0.315. The largest absolute Gasteiger partial charge is 0.295 e. The number of pyridine rings is 1. The summed E-state index contributed by atoms with van der Waals surface area (Å²) in [5.41, 5.74) is 3.49. The summed E-state index contributed by atoms with van der Waals surface area (Å²) < 4.78 is 2.28. The third-order valence-corrected chi connectivity index (χ3v) is 6.58. The molecule has 1 fully saturated rings. The quantitative estimate of drug-likeness (QED) is 0.516. The molecule has 1 saturated carbocycles. The maximum atomic E-state index is 6.28. The Kier molecular flexibility index (Phi) is 5.06. The maximum absolute atomic E-state index is 6.28. The van der Waals surface area contributed by atoms with Crippen LogP contribution < -0.4 is 0 Å². The fourth-order valence-electron chi connectivity index (χ4n) is 4.75. The molecule has 7 heteroatoms. The fourth-order valence-corrected chi connectivity index (χ4v) is 5.11. The monoisotopic (exact) mass is 427 g/mol. The minimum atomic E-state index is 0.401. The SMILES string of the molecule is CN1Cc2cc(Cl)ccc2-n2c(nnc2C2CCC(c3cccc(Cl)n3)CC2)C1. The summed E-state index contributed by atoms with van der Waals surface area (Å²) in [5.74, 6) is 2.95. The van der Waals surface area contributed by atoms with E-state index in [1.165, 1.54) is 5.56 Å². The van der Waals surface area contributed by atoms with E-state index in [4.69, 9.17) is 23.2 Å². The van der Waals surface area contributed by atoms with E-state index in [-0.39, 0.29) is 0 Å². The van der Waals surface area contributed by atoms with Gasteiger partial charge in [0.15, 0.2) is 5.82 Å². The predicted molar refractivity (Wildman–Crippen MR) is 115 cm³/mol. The Morgan fingerprint density at radius 2 is 1.72 bits per heavy atom. The molecule has 1 aliphatic heterocycles. The normalized spacial score (nSPS) is 22.0. The van der Waals surface area contributed by atoms with Crippen LogP contribution in [0.4, 0.5) is 0 Å². The summed E-state index contributed by atoms with van der Waals surface area (Å²) in [6.45, 7) is 1.63. The highest BCUT2D eigenvalue weighted by molar-refractivity contribution is 6.30. The molecule has 5 nitrogen and oxygen atoms in total. The Hall–Kier alpha value is -1.95. The van der Waals surface area contributed by atoms with E-state index in [1.807, 2.05) is 18.2 Å². The van der Waals surface area contributed by atoms with Gasteiger partial charge in [-0.25, -0.2) is 4.98 Å². The van der Waals surface area contributed by atoms with Gasteiger partial charge in [-0.05, 0) is 68.6 Å². The Morgan fingerprint density at radius 1 is 0.931 bits per heavy atom. The lowest BCUT2D eigenvalue weighted by Gasteiger charge is -2.28. The predicted octanol–water partition coefficient (Wildman–Crippen LogP) is 5.36. The van der Waals surface area contributed by atoms with Gasteiger partial charge in [0.05, 0.1) is 12.2 Å². The van der Waals surface area contributed by atoms with E-state index in [1.54, 1.807) is 0 Å². The molecule has 0 atom stereocenters. The van der Waals surface area contributed by atoms with Gasteiger partial charge in [0.25, 0.3) is 0 Å². The number of halogens is 2. The van der Waals surface area contributed by atoms with E-state index in [0.717, 1.165) is 66.8 Å². The van der Waals surface area contributed by atoms with E-state index >= 15 is 0 Å². The van der Waals surface area contributed by atoms with Crippen molar-refractivity contribution in [3.63, 3.8) is 0 Å². The van der Waals surface area contributed by atoms with E-state index in [2.05, 4.69) is 49.9 Å². The van der Waals surface area contributed by atoms with Crippen molar-refractivity contribution in [2.24, 2.45) is 0 Å². The average Bonchev–Trinajstić information content (AvgIpc) is 3.05. The van der Waals surface area contributed by atoms with Crippen molar-refractivity contribution < 1.29 is 0 Å². The number of rotatable bonds is 2. The molecule has 0 amide bonds. The lowest BCUT2D eigenvalue weighted by Crippen LogP contribution is -2.17. The molecule has 0 unspecified atom stereocenters. The highest BCUT2D eigenvalue weighted by atomic mass is 35.5. The molecule has 1 aromatic carbocycles. The molecule has 0 bridgehead atoms. The average molecular weight is 428 g/mol. The van der Waals surface area contributed by atoms with Gasteiger partial charge in [0.1, 0.15) is 11.0 Å². The number of hydrogen-bond donors (Lipinski definition) is 0. The Labute approximate surface area is 180 Å². The van der Waals surface area contributed by atoms with Crippen molar-refractivity contribution in [1.29, 1.82) is 0 Å². The molecule has 0 saturated heterocycles. The van der Waals surface area contributed by atoms with Crippen molar-refractivity contribution >= 4 is 23.2 Å².